The molecule has 0 aliphatic carbocycles. The second-order valence-electron chi connectivity index (χ2n) is 8.56. The average molecular weight is 510 g/mol. The summed E-state index contributed by atoms with van der Waals surface area (Å²) in [6.07, 6.45) is 1.74. The second-order valence-corrected chi connectivity index (χ2v) is 9.51. The lowest BCUT2D eigenvalue weighted by molar-refractivity contribution is -0.117. The third-order valence-corrected chi connectivity index (χ3v) is 6.97. The number of nitrogens with one attached hydrogen (secondary N) is 3. The van der Waals surface area contributed by atoms with Crippen LogP contribution in [0.1, 0.15) is 28.1 Å². The van der Waals surface area contributed by atoms with Gasteiger partial charge in [-0.2, -0.15) is 5.26 Å². The summed E-state index contributed by atoms with van der Waals surface area (Å²) in [5, 5.41) is 31.3. The first-order valence-corrected chi connectivity index (χ1v) is 12.6. The van der Waals surface area contributed by atoms with Crippen molar-refractivity contribution >= 4 is 34.7 Å². The molecule has 1 saturated heterocycles. The lowest BCUT2D eigenvalue weighted by Crippen LogP contribution is -2.35. The first-order chi connectivity index (χ1) is 18.0. The van der Waals surface area contributed by atoms with Crippen molar-refractivity contribution in [2.24, 2.45) is 0 Å². The molecular formula is C28H23N5O3S. The van der Waals surface area contributed by atoms with Gasteiger partial charge in [-0.3, -0.25) is 9.59 Å². The number of para-hydroxylation sites is 1. The van der Waals surface area contributed by atoms with Crippen LogP contribution in [0.5, 0.6) is 5.75 Å². The van der Waals surface area contributed by atoms with Gasteiger partial charge in [-0.1, -0.05) is 30.3 Å². The number of amides is 2. The largest absolute Gasteiger partial charge is 0.507 e. The Balaban J connectivity index is 1.59. The van der Waals surface area contributed by atoms with E-state index in [0.717, 1.165) is 19.4 Å². The zero-order chi connectivity index (χ0) is 25.8. The monoisotopic (exact) mass is 509 g/mol. The Morgan fingerprint density at radius 3 is 2.65 bits per heavy atom. The molecule has 2 aromatic carbocycles. The molecule has 5 rings (SSSR count). The number of carbonyl (C=O) groups excluding carboxylic acids is 2. The predicted molar refractivity (Wildman–Crippen MR) is 143 cm³/mol. The average Bonchev–Trinajstić information content (AvgIpc) is 3.64. The van der Waals surface area contributed by atoms with Crippen molar-refractivity contribution in [2.75, 3.05) is 17.2 Å². The van der Waals surface area contributed by atoms with Crippen molar-refractivity contribution in [3.05, 3.63) is 82.6 Å². The lowest BCUT2D eigenvalue weighted by atomic mass is 9.97. The van der Waals surface area contributed by atoms with E-state index in [1.54, 1.807) is 66.0 Å². The highest BCUT2D eigenvalue weighted by atomic mass is 32.1. The fraction of sp³-hybridized carbons (Fsp3) is 0.143. The van der Waals surface area contributed by atoms with Crippen LogP contribution in [0.3, 0.4) is 0 Å². The molecule has 0 saturated carbocycles. The van der Waals surface area contributed by atoms with Gasteiger partial charge in [-0.05, 0) is 66.7 Å². The van der Waals surface area contributed by atoms with Crippen LogP contribution in [0.25, 0.3) is 22.4 Å². The fourth-order valence-electron chi connectivity index (χ4n) is 4.28. The molecule has 0 radical (unpaired) electrons. The fourth-order valence-corrected chi connectivity index (χ4v) is 4.90. The summed E-state index contributed by atoms with van der Waals surface area (Å²) < 4.78 is 0. The van der Waals surface area contributed by atoms with Crippen LogP contribution in [0.4, 0.5) is 11.5 Å². The van der Waals surface area contributed by atoms with Gasteiger partial charge in [0, 0.05) is 16.8 Å². The molecule has 1 fully saturated rings. The van der Waals surface area contributed by atoms with Crippen molar-refractivity contribution in [2.45, 2.75) is 18.9 Å². The number of aromatic hydroxyl groups is 1. The lowest BCUT2D eigenvalue weighted by Gasteiger charge is -2.15. The van der Waals surface area contributed by atoms with Crippen LogP contribution in [-0.2, 0) is 4.79 Å². The van der Waals surface area contributed by atoms with Crippen molar-refractivity contribution in [3.8, 4) is 34.2 Å². The summed E-state index contributed by atoms with van der Waals surface area (Å²) >= 11 is 1.28. The highest BCUT2D eigenvalue weighted by molar-refractivity contribution is 7.12. The normalized spacial score (nSPS) is 14.6. The number of hydrogen-bond acceptors (Lipinski definition) is 7. The van der Waals surface area contributed by atoms with Crippen LogP contribution in [-0.4, -0.2) is 34.5 Å². The first kappa shape index (κ1) is 24.2. The van der Waals surface area contributed by atoms with Crippen LogP contribution in [0.2, 0.25) is 0 Å². The summed E-state index contributed by atoms with van der Waals surface area (Å²) in [6.45, 7) is 0.815. The molecule has 9 heteroatoms. The highest BCUT2D eigenvalue weighted by Crippen LogP contribution is 2.36. The number of nitriles is 1. The minimum atomic E-state index is -0.385. The molecule has 2 aromatic heterocycles. The molecule has 4 aromatic rings. The van der Waals surface area contributed by atoms with Gasteiger partial charge in [0.05, 0.1) is 16.6 Å². The summed E-state index contributed by atoms with van der Waals surface area (Å²) in [4.78, 5) is 30.5. The van der Waals surface area contributed by atoms with E-state index in [4.69, 9.17) is 0 Å². The third kappa shape index (κ3) is 5.21. The second kappa shape index (κ2) is 10.6. The van der Waals surface area contributed by atoms with Gasteiger partial charge < -0.3 is 21.1 Å². The maximum absolute atomic E-state index is 12.9. The van der Waals surface area contributed by atoms with Crippen molar-refractivity contribution in [1.82, 2.24) is 10.3 Å². The summed E-state index contributed by atoms with van der Waals surface area (Å²) in [5.74, 6) is -0.388. The number of benzene rings is 2. The molecule has 3 heterocycles. The minimum absolute atomic E-state index is 0.0197. The van der Waals surface area contributed by atoms with Gasteiger partial charge in [0.2, 0.25) is 5.91 Å². The topological polar surface area (TPSA) is 127 Å². The molecule has 2 amide bonds. The van der Waals surface area contributed by atoms with Crippen LogP contribution in [0, 0.1) is 11.3 Å². The molecule has 4 N–H and O–H groups in total. The zero-order valence-electron chi connectivity index (χ0n) is 19.7. The van der Waals surface area contributed by atoms with Gasteiger partial charge in [-0.15, -0.1) is 11.3 Å². The van der Waals surface area contributed by atoms with Gasteiger partial charge in [0.1, 0.15) is 17.4 Å². The molecule has 0 bridgehead atoms. The Kier molecular flexibility index (Phi) is 6.94. The third-order valence-electron chi connectivity index (χ3n) is 6.11. The van der Waals surface area contributed by atoms with Crippen molar-refractivity contribution < 1.29 is 14.7 Å². The molecule has 8 nitrogen and oxygen atoms in total. The smallest absolute Gasteiger partial charge is 0.266 e. The number of aromatic nitrogens is 1. The SMILES string of the molecule is N#Cc1c(-c2cccc(NC(=O)[C@H]3CCCN3)c2)cc(-c2ccccc2O)nc1NC(=O)c1cccs1. The molecular weight excluding hydrogens is 486 g/mol. The van der Waals surface area contributed by atoms with Crippen molar-refractivity contribution in [3.63, 3.8) is 0 Å². The summed E-state index contributed by atoms with van der Waals surface area (Å²) in [5.41, 5.74) is 2.76. The Morgan fingerprint density at radius 2 is 1.92 bits per heavy atom. The van der Waals surface area contributed by atoms with E-state index in [1.807, 2.05) is 6.07 Å². The Hall–Kier alpha value is -4.52. The number of phenols is 1. The van der Waals surface area contributed by atoms with E-state index in [0.29, 0.717) is 32.9 Å². The minimum Gasteiger partial charge on any atom is -0.507 e. The molecule has 1 aliphatic heterocycles. The molecule has 0 unspecified atom stereocenters. The van der Waals surface area contributed by atoms with Crippen LogP contribution >= 0.6 is 11.3 Å². The van der Waals surface area contributed by atoms with Gasteiger partial charge in [0.25, 0.3) is 5.91 Å². The van der Waals surface area contributed by atoms with E-state index in [1.165, 1.54) is 11.3 Å². The quantitative estimate of drug-likeness (QED) is 0.290. The van der Waals surface area contributed by atoms with E-state index in [9.17, 15) is 20.0 Å². The van der Waals surface area contributed by atoms with E-state index in [2.05, 4.69) is 27.0 Å². The maximum atomic E-state index is 12.9. The number of rotatable bonds is 6. The highest BCUT2D eigenvalue weighted by Gasteiger charge is 2.23. The van der Waals surface area contributed by atoms with Gasteiger partial charge >= 0.3 is 0 Å². The number of carbonyl (C=O) groups is 2. The summed E-state index contributed by atoms with van der Waals surface area (Å²) in [7, 11) is 0. The molecule has 1 atom stereocenters. The number of pyridine rings is 1. The van der Waals surface area contributed by atoms with E-state index < -0.39 is 0 Å². The Labute approximate surface area is 217 Å². The van der Waals surface area contributed by atoms with E-state index in [-0.39, 0.29) is 35.0 Å². The van der Waals surface area contributed by atoms with Gasteiger partial charge in [0.15, 0.2) is 5.82 Å². The first-order valence-electron chi connectivity index (χ1n) is 11.8. The van der Waals surface area contributed by atoms with Crippen molar-refractivity contribution in [1.29, 1.82) is 5.26 Å². The molecule has 37 heavy (non-hydrogen) atoms. The van der Waals surface area contributed by atoms with Gasteiger partial charge in [-0.25, -0.2) is 4.98 Å². The zero-order valence-corrected chi connectivity index (χ0v) is 20.5. The molecule has 184 valence electrons. The molecule has 1 aliphatic rings. The number of anilines is 2. The molecule has 0 spiro atoms. The van der Waals surface area contributed by atoms with Crippen LogP contribution in [0.15, 0.2) is 72.1 Å². The number of hydrogen-bond donors (Lipinski definition) is 4. The van der Waals surface area contributed by atoms with E-state index >= 15 is 0 Å². The predicted octanol–water partition coefficient (Wildman–Crippen LogP) is 5.00. The number of phenolic OH excluding ortho intramolecular Hbond substituents is 1. The summed E-state index contributed by atoms with van der Waals surface area (Å²) in [6, 6.07) is 21.0. The van der Waals surface area contributed by atoms with Crippen LogP contribution < -0.4 is 16.0 Å². The Bertz CT molecular complexity index is 1500. The standard InChI is InChI=1S/C28H23N5O3S/c29-16-21-20(17-6-3-7-18(14-17)31-27(35)22-9-4-12-30-22)15-23(19-8-1-2-10-24(19)34)32-26(21)33-28(36)25-11-5-13-37-25/h1-3,5-8,10-11,13-15,22,30,34H,4,9,12H2,(H,31,35)(H,32,33,36)/t22-/m1/s1. The number of nitrogens with zero attached hydrogens (tertiary/aromatic N) is 2. The Morgan fingerprint density at radius 1 is 1.05 bits per heavy atom. The maximum Gasteiger partial charge on any atom is 0.266 e. The number of thiophene rings is 1.